The fourth-order valence-electron chi connectivity index (χ4n) is 2.47. The van der Waals surface area contributed by atoms with Crippen LogP contribution >= 0.6 is 0 Å². The van der Waals surface area contributed by atoms with Crippen LogP contribution in [0.3, 0.4) is 0 Å². The Morgan fingerprint density at radius 3 is 2.44 bits per heavy atom. The van der Waals surface area contributed by atoms with Gasteiger partial charge >= 0.3 is 0 Å². The molecule has 1 aliphatic rings. The Balaban J connectivity index is 1.69. The molecule has 0 N–H and O–H groups in total. The molecule has 0 saturated carbocycles. The zero-order valence-electron chi connectivity index (χ0n) is 11.0. The van der Waals surface area contributed by atoms with Gasteiger partial charge in [0, 0.05) is 37.4 Å². The minimum absolute atomic E-state index is 0.671. The molecule has 0 atom stereocenters. The third-order valence-electron chi connectivity index (χ3n) is 3.77. The van der Waals surface area contributed by atoms with E-state index in [1.54, 1.807) is 6.20 Å². The van der Waals surface area contributed by atoms with Crippen molar-refractivity contribution in [2.45, 2.75) is 25.8 Å². The smallest absolute Gasteiger partial charge is 0.0645 e. The highest BCUT2D eigenvalue weighted by Crippen LogP contribution is 2.28. The van der Waals surface area contributed by atoms with E-state index in [0.29, 0.717) is 12.0 Å². The number of hydrogen-bond acceptors (Lipinski definition) is 2. The van der Waals surface area contributed by atoms with E-state index in [1.807, 2.05) is 16.9 Å². The standard InChI is InChI=1S/C15H19N3/c1-12(2)17-10-14(11-17)13-4-6-15(7-5-13)18-9-3-8-16-18/h3-9,12,14H,10-11H2,1-2H3. The van der Waals surface area contributed by atoms with Crippen LogP contribution in [0.5, 0.6) is 0 Å². The molecule has 1 aromatic carbocycles. The lowest BCUT2D eigenvalue weighted by Gasteiger charge is -2.42. The van der Waals surface area contributed by atoms with E-state index in [2.05, 4.69) is 48.1 Å². The van der Waals surface area contributed by atoms with E-state index in [1.165, 1.54) is 18.7 Å². The molecule has 1 saturated heterocycles. The van der Waals surface area contributed by atoms with Gasteiger partial charge in [0.15, 0.2) is 0 Å². The summed E-state index contributed by atoms with van der Waals surface area (Å²) in [6, 6.07) is 11.4. The summed E-state index contributed by atoms with van der Waals surface area (Å²) in [4.78, 5) is 2.51. The third-order valence-corrected chi connectivity index (χ3v) is 3.77. The molecule has 1 aromatic heterocycles. The number of rotatable bonds is 3. The molecule has 0 aliphatic carbocycles. The number of hydrogen-bond donors (Lipinski definition) is 0. The fourth-order valence-corrected chi connectivity index (χ4v) is 2.47. The highest BCUT2D eigenvalue weighted by Gasteiger charge is 2.29. The first-order valence-corrected chi connectivity index (χ1v) is 6.58. The minimum Gasteiger partial charge on any atom is -0.300 e. The van der Waals surface area contributed by atoms with Gasteiger partial charge in [-0.15, -0.1) is 0 Å². The van der Waals surface area contributed by atoms with Gasteiger partial charge in [-0.2, -0.15) is 5.10 Å². The average Bonchev–Trinajstić information content (AvgIpc) is 2.81. The Kier molecular flexibility index (Phi) is 2.92. The van der Waals surface area contributed by atoms with Crippen LogP contribution in [0.25, 0.3) is 5.69 Å². The molecular formula is C15H19N3. The number of aromatic nitrogens is 2. The summed E-state index contributed by atoms with van der Waals surface area (Å²) in [5.74, 6) is 0.707. The molecule has 0 radical (unpaired) electrons. The highest BCUT2D eigenvalue weighted by atomic mass is 15.3. The molecule has 94 valence electrons. The third kappa shape index (κ3) is 2.06. The second-order valence-electron chi connectivity index (χ2n) is 5.29. The van der Waals surface area contributed by atoms with Crippen LogP contribution < -0.4 is 0 Å². The molecule has 3 rings (SSSR count). The van der Waals surface area contributed by atoms with Crippen molar-refractivity contribution in [3.8, 4) is 5.69 Å². The van der Waals surface area contributed by atoms with E-state index in [0.717, 1.165) is 5.69 Å². The van der Waals surface area contributed by atoms with Gasteiger partial charge in [-0.1, -0.05) is 12.1 Å². The van der Waals surface area contributed by atoms with Crippen LogP contribution in [-0.2, 0) is 0 Å². The van der Waals surface area contributed by atoms with Crippen molar-refractivity contribution >= 4 is 0 Å². The van der Waals surface area contributed by atoms with Crippen molar-refractivity contribution in [1.29, 1.82) is 0 Å². The number of nitrogens with zero attached hydrogens (tertiary/aromatic N) is 3. The monoisotopic (exact) mass is 241 g/mol. The van der Waals surface area contributed by atoms with Gasteiger partial charge in [-0.25, -0.2) is 4.68 Å². The Morgan fingerprint density at radius 1 is 1.17 bits per heavy atom. The van der Waals surface area contributed by atoms with Crippen molar-refractivity contribution in [3.05, 3.63) is 48.3 Å². The van der Waals surface area contributed by atoms with Crippen molar-refractivity contribution in [1.82, 2.24) is 14.7 Å². The van der Waals surface area contributed by atoms with Crippen molar-refractivity contribution in [3.63, 3.8) is 0 Å². The maximum Gasteiger partial charge on any atom is 0.0645 e. The predicted molar refractivity (Wildman–Crippen MR) is 73.0 cm³/mol. The summed E-state index contributed by atoms with van der Waals surface area (Å²) < 4.78 is 1.89. The normalized spacial score (nSPS) is 17.1. The average molecular weight is 241 g/mol. The SMILES string of the molecule is CC(C)N1CC(c2ccc(-n3cccn3)cc2)C1. The Morgan fingerprint density at radius 2 is 1.89 bits per heavy atom. The topological polar surface area (TPSA) is 21.1 Å². The molecule has 2 heterocycles. The molecule has 0 bridgehead atoms. The Labute approximate surface area is 108 Å². The van der Waals surface area contributed by atoms with E-state index in [4.69, 9.17) is 0 Å². The van der Waals surface area contributed by atoms with E-state index in [9.17, 15) is 0 Å². The van der Waals surface area contributed by atoms with E-state index < -0.39 is 0 Å². The van der Waals surface area contributed by atoms with Crippen molar-refractivity contribution in [2.75, 3.05) is 13.1 Å². The second kappa shape index (κ2) is 4.58. The first-order valence-electron chi connectivity index (χ1n) is 6.58. The van der Waals surface area contributed by atoms with Crippen LogP contribution in [0.1, 0.15) is 25.3 Å². The molecule has 18 heavy (non-hydrogen) atoms. The maximum absolute atomic E-state index is 4.24. The molecule has 1 fully saturated rings. The van der Waals surface area contributed by atoms with Crippen LogP contribution in [0.4, 0.5) is 0 Å². The first kappa shape index (κ1) is 11.5. The second-order valence-corrected chi connectivity index (χ2v) is 5.29. The zero-order chi connectivity index (χ0) is 12.5. The summed E-state index contributed by atoms with van der Waals surface area (Å²) in [7, 11) is 0. The lowest BCUT2D eigenvalue weighted by Crippen LogP contribution is -2.48. The van der Waals surface area contributed by atoms with Crippen LogP contribution in [0, 0.1) is 0 Å². The van der Waals surface area contributed by atoms with Crippen molar-refractivity contribution in [2.24, 2.45) is 0 Å². The predicted octanol–water partition coefficient (Wildman–Crippen LogP) is 2.68. The van der Waals surface area contributed by atoms with Gasteiger partial charge < -0.3 is 0 Å². The Hall–Kier alpha value is -1.61. The van der Waals surface area contributed by atoms with Gasteiger partial charge in [-0.05, 0) is 37.6 Å². The van der Waals surface area contributed by atoms with Gasteiger partial charge in [0.1, 0.15) is 0 Å². The zero-order valence-corrected chi connectivity index (χ0v) is 11.0. The van der Waals surface area contributed by atoms with Crippen molar-refractivity contribution < 1.29 is 0 Å². The maximum atomic E-state index is 4.24. The largest absolute Gasteiger partial charge is 0.300 e. The summed E-state index contributed by atoms with van der Waals surface area (Å²) in [6.07, 6.45) is 3.78. The van der Waals surface area contributed by atoms with Gasteiger partial charge in [0.2, 0.25) is 0 Å². The van der Waals surface area contributed by atoms with Gasteiger partial charge in [0.25, 0.3) is 0 Å². The Bertz CT molecular complexity index is 493. The van der Waals surface area contributed by atoms with E-state index >= 15 is 0 Å². The molecule has 0 unspecified atom stereocenters. The molecule has 0 amide bonds. The highest BCUT2D eigenvalue weighted by molar-refractivity contribution is 5.36. The lowest BCUT2D eigenvalue weighted by atomic mass is 9.90. The fraction of sp³-hybridized carbons (Fsp3) is 0.400. The van der Waals surface area contributed by atoms with Crippen LogP contribution in [0.15, 0.2) is 42.7 Å². The van der Waals surface area contributed by atoms with Crippen LogP contribution in [0.2, 0.25) is 0 Å². The number of likely N-dealkylation sites (tertiary alicyclic amines) is 1. The van der Waals surface area contributed by atoms with Crippen LogP contribution in [-0.4, -0.2) is 33.8 Å². The summed E-state index contributed by atoms with van der Waals surface area (Å²) in [6.45, 7) is 6.91. The molecule has 1 aliphatic heterocycles. The summed E-state index contributed by atoms with van der Waals surface area (Å²) in [5, 5.41) is 4.24. The molecule has 3 heteroatoms. The molecule has 3 nitrogen and oxygen atoms in total. The minimum atomic E-state index is 0.671. The first-order chi connectivity index (χ1) is 8.74. The lowest BCUT2D eigenvalue weighted by molar-refractivity contribution is 0.110. The quantitative estimate of drug-likeness (QED) is 0.823. The van der Waals surface area contributed by atoms with E-state index in [-0.39, 0.29) is 0 Å². The summed E-state index contributed by atoms with van der Waals surface area (Å²) in [5.41, 5.74) is 2.58. The summed E-state index contributed by atoms with van der Waals surface area (Å²) >= 11 is 0. The van der Waals surface area contributed by atoms with Gasteiger partial charge in [-0.3, -0.25) is 4.90 Å². The van der Waals surface area contributed by atoms with Gasteiger partial charge in [0.05, 0.1) is 5.69 Å². The molecular weight excluding hydrogens is 222 g/mol. The molecule has 2 aromatic rings. The number of benzene rings is 1. The molecule has 0 spiro atoms.